The Balaban J connectivity index is 2.59. The summed E-state index contributed by atoms with van der Waals surface area (Å²) in [6, 6.07) is 8.60. The van der Waals surface area contributed by atoms with Crippen molar-refractivity contribution in [3.63, 3.8) is 0 Å². The molecule has 3 heteroatoms. The molecule has 0 aliphatic carbocycles. The average molecular weight is 285 g/mol. The molecule has 0 saturated heterocycles. The van der Waals surface area contributed by atoms with Crippen LogP contribution >= 0.6 is 15.9 Å². The van der Waals surface area contributed by atoms with Gasteiger partial charge in [0.15, 0.2) is 0 Å². The summed E-state index contributed by atoms with van der Waals surface area (Å²) in [5.41, 5.74) is 6.95. The maximum absolute atomic E-state index is 5.81. The van der Waals surface area contributed by atoms with Crippen LogP contribution in [-0.4, -0.2) is 12.6 Å². The van der Waals surface area contributed by atoms with Crippen molar-refractivity contribution in [1.29, 1.82) is 0 Å². The van der Waals surface area contributed by atoms with E-state index in [1.807, 2.05) is 12.1 Å². The zero-order chi connectivity index (χ0) is 12.0. The number of rotatable bonds is 6. The molecule has 0 bridgehead atoms. The number of hydrogen-bond acceptors (Lipinski definition) is 2. The summed E-state index contributed by atoms with van der Waals surface area (Å²) in [4.78, 5) is 0. The smallest absolute Gasteiger partial charge is 0.0409 e. The lowest BCUT2D eigenvalue weighted by Gasteiger charge is -2.24. The van der Waals surface area contributed by atoms with E-state index in [4.69, 9.17) is 5.73 Å². The van der Waals surface area contributed by atoms with Crippen molar-refractivity contribution in [2.45, 2.75) is 32.7 Å². The van der Waals surface area contributed by atoms with Gasteiger partial charge in [-0.3, -0.25) is 0 Å². The third kappa shape index (κ3) is 4.14. The lowest BCUT2D eigenvalue weighted by molar-refractivity contribution is 0.450. The average Bonchev–Trinajstić information content (AvgIpc) is 2.28. The van der Waals surface area contributed by atoms with E-state index >= 15 is 0 Å². The summed E-state index contributed by atoms with van der Waals surface area (Å²) < 4.78 is 1.10. The highest BCUT2D eigenvalue weighted by Crippen LogP contribution is 2.18. The first kappa shape index (κ1) is 13.5. The molecule has 2 atom stereocenters. The Bertz CT molecular complexity index is 297. The summed E-state index contributed by atoms with van der Waals surface area (Å²) in [6.07, 6.45) is 2.42. The monoisotopic (exact) mass is 284 g/mol. The maximum Gasteiger partial charge on any atom is 0.0409 e. The molecule has 1 aromatic carbocycles. The Hall–Kier alpha value is -0.540. The Morgan fingerprint density at radius 3 is 2.44 bits per heavy atom. The number of nitrogens with one attached hydrogen (secondary N) is 1. The minimum absolute atomic E-state index is 0.362. The van der Waals surface area contributed by atoms with Gasteiger partial charge in [-0.1, -0.05) is 36.2 Å². The van der Waals surface area contributed by atoms with E-state index < -0.39 is 0 Å². The van der Waals surface area contributed by atoms with Crippen LogP contribution < -0.4 is 11.1 Å². The molecule has 0 saturated carbocycles. The quantitative estimate of drug-likeness (QED) is 0.837. The van der Waals surface area contributed by atoms with Crippen LogP contribution in [0.15, 0.2) is 28.7 Å². The van der Waals surface area contributed by atoms with Crippen molar-refractivity contribution in [3.8, 4) is 0 Å². The van der Waals surface area contributed by atoms with Crippen molar-refractivity contribution in [1.82, 2.24) is 0 Å². The van der Waals surface area contributed by atoms with Gasteiger partial charge >= 0.3 is 0 Å². The minimum Gasteiger partial charge on any atom is -0.381 e. The highest BCUT2D eigenvalue weighted by Gasteiger charge is 2.14. The molecule has 0 radical (unpaired) electrons. The van der Waals surface area contributed by atoms with Crippen LogP contribution in [0.25, 0.3) is 0 Å². The molecule has 0 heterocycles. The number of nitrogens with two attached hydrogens (primary N) is 1. The van der Waals surface area contributed by atoms with E-state index in [0.717, 1.165) is 10.2 Å². The molecule has 0 amide bonds. The van der Waals surface area contributed by atoms with Crippen LogP contribution in [-0.2, 0) is 0 Å². The normalized spacial score (nSPS) is 14.5. The summed E-state index contributed by atoms with van der Waals surface area (Å²) in [6.45, 7) is 5.15. The summed E-state index contributed by atoms with van der Waals surface area (Å²) in [7, 11) is 0. The second kappa shape index (κ2) is 6.92. The first-order valence-electron chi connectivity index (χ1n) is 5.89. The van der Waals surface area contributed by atoms with Gasteiger partial charge in [-0.15, -0.1) is 0 Å². The highest BCUT2D eigenvalue weighted by molar-refractivity contribution is 9.10. The second-order valence-corrected chi connectivity index (χ2v) is 5.18. The first-order valence-corrected chi connectivity index (χ1v) is 6.68. The van der Waals surface area contributed by atoms with Crippen molar-refractivity contribution >= 4 is 21.6 Å². The predicted molar refractivity (Wildman–Crippen MR) is 74.7 cm³/mol. The van der Waals surface area contributed by atoms with E-state index in [2.05, 4.69) is 47.2 Å². The predicted octanol–water partition coefficient (Wildman–Crippen LogP) is 3.62. The SMILES string of the molecule is CCCC(C)C(CN)Nc1ccc(Br)cc1. The van der Waals surface area contributed by atoms with E-state index in [9.17, 15) is 0 Å². The number of halogens is 1. The maximum atomic E-state index is 5.81. The van der Waals surface area contributed by atoms with Crippen LogP contribution in [0.4, 0.5) is 5.69 Å². The van der Waals surface area contributed by atoms with Gasteiger partial charge in [0.25, 0.3) is 0 Å². The number of anilines is 1. The van der Waals surface area contributed by atoms with Crippen LogP contribution in [0.3, 0.4) is 0 Å². The summed E-state index contributed by atoms with van der Waals surface area (Å²) >= 11 is 3.43. The lowest BCUT2D eigenvalue weighted by Crippen LogP contribution is -2.34. The summed E-state index contributed by atoms with van der Waals surface area (Å²) in [5, 5.41) is 3.49. The van der Waals surface area contributed by atoms with Crippen LogP contribution in [0.5, 0.6) is 0 Å². The van der Waals surface area contributed by atoms with Gasteiger partial charge in [0, 0.05) is 22.7 Å². The van der Waals surface area contributed by atoms with Gasteiger partial charge in [0.2, 0.25) is 0 Å². The van der Waals surface area contributed by atoms with Crippen molar-refractivity contribution < 1.29 is 0 Å². The molecule has 16 heavy (non-hydrogen) atoms. The first-order chi connectivity index (χ1) is 7.67. The summed E-state index contributed by atoms with van der Waals surface area (Å²) in [5.74, 6) is 0.610. The topological polar surface area (TPSA) is 38.0 Å². The van der Waals surface area contributed by atoms with E-state index in [0.29, 0.717) is 18.5 Å². The third-order valence-electron chi connectivity index (χ3n) is 2.88. The molecule has 1 aromatic rings. The molecule has 0 fully saturated rings. The molecule has 2 nitrogen and oxygen atoms in total. The molecular formula is C13H21BrN2. The molecule has 0 aliphatic heterocycles. The van der Waals surface area contributed by atoms with Crippen LogP contribution in [0.2, 0.25) is 0 Å². The van der Waals surface area contributed by atoms with Gasteiger partial charge in [-0.25, -0.2) is 0 Å². The van der Waals surface area contributed by atoms with E-state index in [1.54, 1.807) is 0 Å². The zero-order valence-corrected chi connectivity index (χ0v) is 11.6. The second-order valence-electron chi connectivity index (χ2n) is 4.26. The highest BCUT2D eigenvalue weighted by atomic mass is 79.9. The molecule has 0 spiro atoms. The van der Waals surface area contributed by atoms with Crippen LogP contribution in [0, 0.1) is 5.92 Å². The van der Waals surface area contributed by atoms with Crippen molar-refractivity contribution in [2.24, 2.45) is 11.7 Å². The Labute approximate surface area is 107 Å². The van der Waals surface area contributed by atoms with Gasteiger partial charge in [-0.05, 0) is 36.6 Å². The lowest BCUT2D eigenvalue weighted by atomic mass is 9.96. The van der Waals surface area contributed by atoms with Crippen molar-refractivity contribution in [2.75, 3.05) is 11.9 Å². The number of hydrogen-bond donors (Lipinski definition) is 2. The van der Waals surface area contributed by atoms with E-state index in [1.165, 1.54) is 12.8 Å². The largest absolute Gasteiger partial charge is 0.381 e. The van der Waals surface area contributed by atoms with Gasteiger partial charge < -0.3 is 11.1 Å². The Morgan fingerprint density at radius 1 is 1.31 bits per heavy atom. The standard InChI is InChI=1S/C13H21BrN2/c1-3-4-10(2)13(9-15)16-12-7-5-11(14)6-8-12/h5-8,10,13,16H,3-4,9,15H2,1-2H3. The molecule has 0 aromatic heterocycles. The van der Waals surface area contributed by atoms with Crippen LogP contribution in [0.1, 0.15) is 26.7 Å². The molecule has 90 valence electrons. The molecule has 0 aliphatic rings. The fraction of sp³-hybridized carbons (Fsp3) is 0.538. The number of benzene rings is 1. The molecular weight excluding hydrogens is 264 g/mol. The fourth-order valence-corrected chi connectivity index (χ4v) is 2.11. The van der Waals surface area contributed by atoms with Gasteiger partial charge in [0.1, 0.15) is 0 Å². The Kier molecular flexibility index (Phi) is 5.85. The minimum atomic E-state index is 0.362. The fourth-order valence-electron chi connectivity index (χ4n) is 1.85. The van der Waals surface area contributed by atoms with Crippen molar-refractivity contribution in [3.05, 3.63) is 28.7 Å². The van der Waals surface area contributed by atoms with Gasteiger partial charge in [-0.2, -0.15) is 0 Å². The van der Waals surface area contributed by atoms with Gasteiger partial charge in [0.05, 0.1) is 0 Å². The molecule has 2 unspecified atom stereocenters. The molecule has 1 rings (SSSR count). The molecule has 3 N–H and O–H groups in total. The Morgan fingerprint density at radius 2 is 1.94 bits per heavy atom. The zero-order valence-electron chi connectivity index (χ0n) is 10.0. The van der Waals surface area contributed by atoms with E-state index in [-0.39, 0.29) is 0 Å². The third-order valence-corrected chi connectivity index (χ3v) is 3.41.